The molecule has 1 heterocycles. The first-order valence-electron chi connectivity index (χ1n) is 5.83. The summed E-state index contributed by atoms with van der Waals surface area (Å²) in [6.07, 6.45) is 5.46. The van der Waals surface area contributed by atoms with E-state index in [1.165, 1.54) is 5.56 Å². The number of hydrogen-bond donors (Lipinski definition) is 0. The van der Waals surface area contributed by atoms with Gasteiger partial charge in [-0.25, -0.2) is 0 Å². The summed E-state index contributed by atoms with van der Waals surface area (Å²) in [6, 6.07) is 6.25. The number of carbonyl (C=O) groups excluding carboxylic acids is 1. The van der Waals surface area contributed by atoms with Gasteiger partial charge in [0.15, 0.2) is 5.78 Å². The van der Waals surface area contributed by atoms with Crippen LogP contribution >= 0.6 is 0 Å². The Morgan fingerprint density at radius 1 is 1.12 bits per heavy atom. The minimum Gasteiger partial charge on any atom is -0.493 e. The Morgan fingerprint density at radius 3 is 2.88 bits per heavy atom. The van der Waals surface area contributed by atoms with Gasteiger partial charge in [0, 0.05) is 12.0 Å². The topological polar surface area (TPSA) is 26.3 Å². The Kier molecular flexibility index (Phi) is 2.28. The van der Waals surface area contributed by atoms with E-state index < -0.39 is 0 Å². The molecular weight excluding hydrogens is 200 g/mol. The zero-order valence-electron chi connectivity index (χ0n) is 9.16. The monoisotopic (exact) mass is 214 g/mol. The third-order valence-corrected chi connectivity index (χ3v) is 3.26. The summed E-state index contributed by atoms with van der Waals surface area (Å²) in [5.74, 6) is 1.25. The molecule has 0 amide bonds. The van der Waals surface area contributed by atoms with Crippen LogP contribution < -0.4 is 4.74 Å². The van der Waals surface area contributed by atoms with Crippen LogP contribution in [-0.4, -0.2) is 12.4 Å². The number of hydrogen-bond acceptors (Lipinski definition) is 2. The third-order valence-electron chi connectivity index (χ3n) is 3.26. The maximum Gasteiger partial charge on any atom is 0.156 e. The third kappa shape index (κ3) is 1.54. The van der Waals surface area contributed by atoms with Crippen molar-refractivity contribution in [2.75, 3.05) is 6.61 Å². The molecule has 1 aliphatic heterocycles. The molecule has 1 aromatic rings. The molecule has 82 valence electrons. The van der Waals surface area contributed by atoms with Crippen LogP contribution in [0.4, 0.5) is 0 Å². The minimum atomic E-state index is 0.239. The number of fused-ring (bicyclic) bond motifs is 1. The first-order chi connectivity index (χ1) is 7.84. The van der Waals surface area contributed by atoms with Gasteiger partial charge in [0.05, 0.1) is 6.61 Å². The van der Waals surface area contributed by atoms with Gasteiger partial charge in [-0.05, 0) is 36.5 Å². The summed E-state index contributed by atoms with van der Waals surface area (Å²) in [5.41, 5.74) is 3.55. The van der Waals surface area contributed by atoms with Crippen LogP contribution in [0.5, 0.6) is 5.75 Å². The SMILES string of the molecule is O=C1C=C(c2cccc3c2OCCC3)CC1. The molecule has 0 saturated carbocycles. The first-order valence-corrected chi connectivity index (χ1v) is 5.83. The Labute approximate surface area is 94.9 Å². The van der Waals surface area contributed by atoms with Gasteiger partial charge in [0.2, 0.25) is 0 Å². The maximum atomic E-state index is 11.3. The highest BCUT2D eigenvalue weighted by Gasteiger charge is 2.20. The number of ketones is 1. The summed E-state index contributed by atoms with van der Waals surface area (Å²) >= 11 is 0. The number of carbonyl (C=O) groups is 1. The van der Waals surface area contributed by atoms with Crippen molar-refractivity contribution in [3.05, 3.63) is 35.4 Å². The molecule has 0 fully saturated rings. The van der Waals surface area contributed by atoms with Crippen molar-refractivity contribution in [3.63, 3.8) is 0 Å². The van der Waals surface area contributed by atoms with Gasteiger partial charge in [0.1, 0.15) is 5.75 Å². The molecule has 0 atom stereocenters. The van der Waals surface area contributed by atoms with Crippen LogP contribution in [0.2, 0.25) is 0 Å². The Morgan fingerprint density at radius 2 is 2.06 bits per heavy atom. The average Bonchev–Trinajstić information content (AvgIpc) is 2.75. The molecule has 0 aromatic heterocycles. The predicted octanol–water partition coefficient (Wildman–Crippen LogP) is 2.76. The summed E-state index contributed by atoms with van der Waals surface area (Å²) in [4.78, 5) is 11.3. The quantitative estimate of drug-likeness (QED) is 0.718. The highest BCUT2D eigenvalue weighted by molar-refractivity contribution is 6.02. The Hall–Kier alpha value is -1.57. The van der Waals surface area contributed by atoms with Gasteiger partial charge >= 0.3 is 0 Å². The Bertz CT molecular complexity index is 472. The van der Waals surface area contributed by atoms with Gasteiger partial charge in [-0.1, -0.05) is 18.2 Å². The minimum absolute atomic E-state index is 0.239. The van der Waals surface area contributed by atoms with Crippen LogP contribution in [0.1, 0.15) is 30.4 Å². The fourth-order valence-corrected chi connectivity index (χ4v) is 2.45. The molecule has 2 aliphatic rings. The van der Waals surface area contributed by atoms with Gasteiger partial charge in [-0.3, -0.25) is 4.79 Å². The second kappa shape index (κ2) is 3.78. The molecular formula is C14H14O2. The molecule has 3 rings (SSSR count). The van der Waals surface area contributed by atoms with Gasteiger partial charge in [-0.2, -0.15) is 0 Å². The first kappa shape index (κ1) is 9.64. The number of benzene rings is 1. The second-order valence-electron chi connectivity index (χ2n) is 4.38. The number of ether oxygens (including phenoxy) is 1. The van der Waals surface area contributed by atoms with Gasteiger partial charge in [0.25, 0.3) is 0 Å². The van der Waals surface area contributed by atoms with Crippen molar-refractivity contribution >= 4 is 11.4 Å². The van der Waals surface area contributed by atoms with E-state index in [1.54, 1.807) is 6.08 Å². The number of rotatable bonds is 1. The molecule has 1 aromatic carbocycles. The largest absolute Gasteiger partial charge is 0.493 e. The van der Waals surface area contributed by atoms with E-state index in [4.69, 9.17) is 4.74 Å². The summed E-state index contributed by atoms with van der Waals surface area (Å²) in [5, 5.41) is 0. The van der Waals surface area contributed by atoms with Gasteiger partial charge in [-0.15, -0.1) is 0 Å². The predicted molar refractivity (Wildman–Crippen MR) is 62.5 cm³/mol. The molecule has 1 aliphatic carbocycles. The molecule has 0 N–H and O–H groups in total. The van der Waals surface area contributed by atoms with E-state index >= 15 is 0 Å². The molecule has 2 heteroatoms. The zero-order valence-corrected chi connectivity index (χ0v) is 9.16. The molecule has 0 spiro atoms. The van der Waals surface area contributed by atoms with E-state index in [9.17, 15) is 4.79 Å². The molecule has 16 heavy (non-hydrogen) atoms. The van der Waals surface area contributed by atoms with Crippen LogP contribution in [0.15, 0.2) is 24.3 Å². The molecule has 2 nitrogen and oxygen atoms in total. The highest BCUT2D eigenvalue weighted by atomic mass is 16.5. The van der Waals surface area contributed by atoms with E-state index in [0.29, 0.717) is 6.42 Å². The standard InChI is InChI=1S/C14H14O2/c15-12-7-6-11(9-12)13-5-1-3-10-4-2-8-16-14(10)13/h1,3,5,9H,2,4,6-8H2. The van der Waals surface area contributed by atoms with Crippen molar-refractivity contribution in [2.24, 2.45) is 0 Å². The second-order valence-corrected chi connectivity index (χ2v) is 4.38. The van der Waals surface area contributed by atoms with Crippen molar-refractivity contribution < 1.29 is 9.53 Å². The van der Waals surface area contributed by atoms with E-state index in [-0.39, 0.29) is 5.78 Å². The van der Waals surface area contributed by atoms with Crippen LogP contribution in [0.3, 0.4) is 0 Å². The fraction of sp³-hybridized carbons (Fsp3) is 0.357. The van der Waals surface area contributed by atoms with Crippen molar-refractivity contribution in [1.29, 1.82) is 0 Å². The average molecular weight is 214 g/mol. The normalized spacial score (nSPS) is 19.0. The summed E-state index contributed by atoms with van der Waals surface area (Å²) < 4.78 is 5.75. The smallest absolute Gasteiger partial charge is 0.156 e. The van der Waals surface area contributed by atoms with Gasteiger partial charge < -0.3 is 4.74 Å². The van der Waals surface area contributed by atoms with Crippen molar-refractivity contribution in [3.8, 4) is 5.75 Å². The van der Waals surface area contributed by atoms with Crippen LogP contribution in [-0.2, 0) is 11.2 Å². The fourth-order valence-electron chi connectivity index (χ4n) is 2.45. The summed E-state index contributed by atoms with van der Waals surface area (Å²) in [6.45, 7) is 0.797. The lowest BCUT2D eigenvalue weighted by Gasteiger charge is -2.20. The number of aryl methyl sites for hydroxylation is 1. The van der Waals surface area contributed by atoms with E-state index in [2.05, 4.69) is 18.2 Å². The van der Waals surface area contributed by atoms with Crippen molar-refractivity contribution in [2.45, 2.75) is 25.7 Å². The number of allylic oxidation sites excluding steroid dienone is 2. The molecule has 0 radical (unpaired) electrons. The van der Waals surface area contributed by atoms with Crippen LogP contribution in [0, 0.1) is 0 Å². The van der Waals surface area contributed by atoms with E-state index in [0.717, 1.165) is 42.8 Å². The van der Waals surface area contributed by atoms with Crippen LogP contribution in [0.25, 0.3) is 5.57 Å². The molecule has 0 unspecified atom stereocenters. The lowest BCUT2D eigenvalue weighted by molar-refractivity contribution is -0.114. The Balaban J connectivity index is 2.07. The lowest BCUT2D eigenvalue weighted by atomic mass is 9.97. The van der Waals surface area contributed by atoms with E-state index in [1.807, 2.05) is 0 Å². The molecule has 0 saturated heterocycles. The maximum absolute atomic E-state index is 11.3. The lowest BCUT2D eigenvalue weighted by Crippen LogP contribution is -2.09. The zero-order chi connectivity index (χ0) is 11.0. The highest BCUT2D eigenvalue weighted by Crippen LogP contribution is 2.37. The summed E-state index contributed by atoms with van der Waals surface area (Å²) in [7, 11) is 0. The van der Waals surface area contributed by atoms with Crippen molar-refractivity contribution in [1.82, 2.24) is 0 Å². The number of para-hydroxylation sites is 1. The molecule has 0 bridgehead atoms.